The zero-order valence-electron chi connectivity index (χ0n) is 20.5. The number of carbonyl (C=O) groups excluding carboxylic acids is 1. The quantitative estimate of drug-likeness (QED) is 0.389. The van der Waals surface area contributed by atoms with Crippen molar-refractivity contribution in [2.24, 2.45) is 0 Å². The van der Waals surface area contributed by atoms with E-state index in [4.69, 9.17) is 4.98 Å². The molecule has 184 valence electrons. The Labute approximate surface area is 210 Å². The van der Waals surface area contributed by atoms with Crippen LogP contribution in [0.5, 0.6) is 5.75 Å². The number of aromatic hydroxyl groups is 1. The van der Waals surface area contributed by atoms with Crippen LogP contribution in [0.2, 0.25) is 0 Å². The first-order chi connectivity index (χ1) is 17.5. The van der Waals surface area contributed by atoms with Crippen molar-refractivity contribution < 1.29 is 9.90 Å². The van der Waals surface area contributed by atoms with Gasteiger partial charge in [-0.3, -0.25) is 9.89 Å². The first kappa shape index (κ1) is 23.7. The lowest BCUT2D eigenvalue weighted by atomic mass is 10.0. The molecule has 1 saturated heterocycles. The topological polar surface area (TPSA) is 97.4 Å². The van der Waals surface area contributed by atoms with Gasteiger partial charge in [-0.05, 0) is 61.6 Å². The van der Waals surface area contributed by atoms with Crippen molar-refractivity contribution in [3.05, 3.63) is 77.0 Å². The lowest BCUT2D eigenvalue weighted by molar-refractivity contribution is 0.0737. The summed E-state index contributed by atoms with van der Waals surface area (Å²) in [5.41, 5.74) is 5.54. The predicted octanol–water partition coefficient (Wildman–Crippen LogP) is 3.61. The zero-order valence-corrected chi connectivity index (χ0v) is 20.5. The molecular formula is C28H30N6O2. The monoisotopic (exact) mass is 482 g/mol. The highest BCUT2D eigenvalue weighted by Gasteiger charge is 2.24. The Morgan fingerprint density at radius 1 is 1.08 bits per heavy atom. The number of aromatic nitrogens is 3. The first-order valence-electron chi connectivity index (χ1n) is 12.1. The highest BCUT2D eigenvalue weighted by Crippen LogP contribution is 2.29. The van der Waals surface area contributed by atoms with Crippen molar-refractivity contribution >= 4 is 29.1 Å². The van der Waals surface area contributed by atoms with Crippen molar-refractivity contribution in [1.29, 1.82) is 0 Å². The highest BCUT2D eigenvalue weighted by molar-refractivity contribution is 6.09. The molecule has 3 N–H and O–H groups in total. The molecule has 1 aliphatic rings. The van der Waals surface area contributed by atoms with E-state index in [-0.39, 0.29) is 11.7 Å². The molecule has 0 aliphatic carbocycles. The predicted molar refractivity (Wildman–Crippen MR) is 143 cm³/mol. The second-order valence-corrected chi connectivity index (χ2v) is 9.30. The molecule has 8 nitrogen and oxygen atoms in total. The van der Waals surface area contributed by atoms with E-state index in [1.807, 2.05) is 23.1 Å². The summed E-state index contributed by atoms with van der Waals surface area (Å²) in [6.45, 7) is 3.71. The third kappa shape index (κ3) is 5.15. The molecule has 1 aliphatic heterocycles. The standard InChI is InChI=1S/C28H30N6O2/c1-33(2)18-20-5-3-4-19(16-20)6-11-24-26-23(28(36)34-14-12-29-13-15-34)17-25(30-27(26)32-31-24)21-7-9-22(35)10-8-21/h3-11,16-17,29,35H,12-15,18H2,1-2H3,(H,30,31,32). The van der Waals surface area contributed by atoms with Crippen LogP contribution >= 0.6 is 0 Å². The van der Waals surface area contributed by atoms with Crippen molar-refractivity contribution in [3.63, 3.8) is 0 Å². The fourth-order valence-corrected chi connectivity index (χ4v) is 4.49. The lowest BCUT2D eigenvalue weighted by Gasteiger charge is -2.27. The number of nitrogens with zero attached hydrogens (tertiary/aromatic N) is 4. The lowest BCUT2D eigenvalue weighted by Crippen LogP contribution is -2.46. The molecule has 1 fully saturated rings. The molecule has 0 spiro atoms. The van der Waals surface area contributed by atoms with Gasteiger partial charge in [0.05, 0.1) is 22.3 Å². The number of pyridine rings is 1. The van der Waals surface area contributed by atoms with Gasteiger partial charge in [-0.1, -0.05) is 30.3 Å². The van der Waals surface area contributed by atoms with Crippen LogP contribution in [0.4, 0.5) is 0 Å². The Hall–Kier alpha value is -4.01. The minimum Gasteiger partial charge on any atom is -0.508 e. The second kappa shape index (κ2) is 10.3. The molecule has 3 heterocycles. The summed E-state index contributed by atoms with van der Waals surface area (Å²) in [4.78, 5) is 22.4. The van der Waals surface area contributed by atoms with Crippen LogP contribution in [0, 0.1) is 0 Å². The SMILES string of the molecule is CN(C)Cc1cccc(C=Cc2[nH]nc3nc(-c4ccc(O)cc4)cc(C(=O)N4CCNCC4)c23)c1. The molecular weight excluding hydrogens is 452 g/mol. The Morgan fingerprint density at radius 3 is 2.61 bits per heavy atom. The molecule has 5 rings (SSSR count). The van der Waals surface area contributed by atoms with Gasteiger partial charge in [0.2, 0.25) is 0 Å². The third-order valence-corrected chi connectivity index (χ3v) is 6.24. The summed E-state index contributed by atoms with van der Waals surface area (Å²) in [7, 11) is 4.10. The summed E-state index contributed by atoms with van der Waals surface area (Å²) in [5, 5.41) is 21.2. The fourth-order valence-electron chi connectivity index (χ4n) is 4.49. The average molecular weight is 483 g/mol. The summed E-state index contributed by atoms with van der Waals surface area (Å²) < 4.78 is 0. The van der Waals surface area contributed by atoms with Gasteiger partial charge in [0.15, 0.2) is 5.65 Å². The zero-order chi connectivity index (χ0) is 25.1. The van der Waals surface area contributed by atoms with Gasteiger partial charge in [0.25, 0.3) is 5.91 Å². The van der Waals surface area contributed by atoms with Crippen LogP contribution in [0.25, 0.3) is 34.4 Å². The van der Waals surface area contributed by atoms with E-state index in [0.29, 0.717) is 35.4 Å². The molecule has 2 aromatic heterocycles. The Kier molecular flexibility index (Phi) is 6.79. The van der Waals surface area contributed by atoms with E-state index in [0.717, 1.165) is 36.5 Å². The van der Waals surface area contributed by atoms with Crippen LogP contribution in [0.1, 0.15) is 27.2 Å². The van der Waals surface area contributed by atoms with Crippen LogP contribution in [0.3, 0.4) is 0 Å². The van der Waals surface area contributed by atoms with E-state index in [1.54, 1.807) is 24.3 Å². The average Bonchev–Trinajstić information content (AvgIpc) is 3.30. The Balaban J connectivity index is 1.57. The van der Waals surface area contributed by atoms with Crippen molar-refractivity contribution in [1.82, 2.24) is 30.3 Å². The van der Waals surface area contributed by atoms with E-state index in [2.05, 4.69) is 58.8 Å². The van der Waals surface area contributed by atoms with Gasteiger partial charge in [-0.15, -0.1) is 0 Å². The number of aromatic amines is 1. The maximum Gasteiger partial charge on any atom is 0.254 e. The number of H-pyrrole nitrogens is 1. The number of piperazine rings is 1. The van der Waals surface area contributed by atoms with Crippen LogP contribution in [-0.2, 0) is 6.54 Å². The van der Waals surface area contributed by atoms with Crippen LogP contribution in [0.15, 0.2) is 54.6 Å². The van der Waals surface area contributed by atoms with Gasteiger partial charge in [-0.2, -0.15) is 5.10 Å². The number of benzene rings is 2. The van der Waals surface area contributed by atoms with Crippen LogP contribution < -0.4 is 5.32 Å². The summed E-state index contributed by atoms with van der Waals surface area (Å²) in [6.07, 6.45) is 3.99. The summed E-state index contributed by atoms with van der Waals surface area (Å²) in [6, 6.07) is 17.0. The van der Waals surface area contributed by atoms with Gasteiger partial charge < -0.3 is 20.2 Å². The number of fused-ring (bicyclic) bond motifs is 1. The Bertz CT molecular complexity index is 1400. The normalized spacial score (nSPS) is 14.2. The number of phenolic OH excluding ortho intramolecular Hbond substituents is 1. The fraction of sp³-hybridized carbons (Fsp3) is 0.250. The molecule has 8 heteroatoms. The molecule has 0 radical (unpaired) electrons. The largest absolute Gasteiger partial charge is 0.508 e. The molecule has 0 atom stereocenters. The summed E-state index contributed by atoms with van der Waals surface area (Å²) >= 11 is 0. The number of amides is 1. The first-order valence-corrected chi connectivity index (χ1v) is 12.1. The molecule has 4 aromatic rings. The van der Waals surface area contributed by atoms with Crippen molar-refractivity contribution in [3.8, 4) is 17.0 Å². The number of nitrogens with one attached hydrogen (secondary N) is 2. The smallest absolute Gasteiger partial charge is 0.254 e. The van der Waals surface area contributed by atoms with E-state index >= 15 is 0 Å². The number of rotatable bonds is 6. The Morgan fingerprint density at radius 2 is 1.86 bits per heavy atom. The van der Waals surface area contributed by atoms with Gasteiger partial charge >= 0.3 is 0 Å². The molecule has 0 bridgehead atoms. The van der Waals surface area contributed by atoms with Gasteiger partial charge in [-0.25, -0.2) is 4.98 Å². The maximum absolute atomic E-state index is 13.7. The van der Waals surface area contributed by atoms with E-state index < -0.39 is 0 Å². The number of hydrogen-bond acceptors (Lipinski definition) is 6. The van der Waals surface area contributed by atoms with E-state index in [1.165, 1.54) is 5.56 Å². The molecule has 1 amide bonds. The number of carbonyl (C=O) groups is 1. The molecule has 36 heavy (non-hydrogen) atoms. The van der Waals surface area contributed by atoms with Crippen molar-refractivity contribution in [2.75, 3.05) is 40.3 Å². The van der Waals surface area contributed by atoms with Gasteiger partial charge in [0, 0.05) is 38.3 Å². The number of phenols is 1. The minimum atomic E-state index is -0.0343. The minimum absolute atomic E-state index is 0.0343. The second-order valence-electron chi connectivity index (χ2n) is 9.30. The van der Waals surface area contributed by atoms with Crippen molar-refractivity contribution in [2.45, 2.75) is 6.54 Å². The van der Waals surface area contributed by atoms with E-state index in [9.17, 15) is 9.90 Å². The third-order valence-electron chi connectivity index (χ3n) is 6.24. The summed E-state index contributed by atoms with van der Waals surface area (Å²) in [5.74, 6) is 0.145. The van der Waals surface area contributed by atoms with Gasteiger partial charge in [0.1, 0.15) is 5.75 Å². The maximum atomic E-state index is 13.7. The number of hydrogen-bond donors (Lipinski definition) is 3. The molecule has 0 saturated carbocycles. The molecule has 2 aromatic carbocycles. The highest BCUT2D eigenvalue weighted by atomic mass is 16.3. The van der Waals surface area contributed by atoms with Crippen LogP contribution in [-0.4, -0.2) is 76.3 Å². The molecule has 0 unspecified atom stereocenters.